The van der Waals surface area contributed by atoms with Crippen molar-refractivity contribution in [3.8, 4) is 17.1 Å². The van der Waals surface area contributed by atoms with Crippen molar-refractivity contribution in [2.45, 2.75) is 25.0 Å². The highest BCUT2D eigenvalue weighted by Gasteiger charge is 2.15. The lowest BCUT2D eigenvalue weighted by Gasteiger charge is -2.28. The third-order valence-corrected chi connectivity index (χ3v) is 6.48. The number of methoxy groups -OCH3 is 1. The molecule has 1 fully saturated rings. The normalized spacial score (nSPS) is 13.9. The van der Waals surface area contributed by atoms with E-state index in [-0.39, 0.29) is 5.78 Å². The summed E-state index contributed by atoms with van der Waals surface area (Å²) < 4.78 is 12.7. The van der Waals surface area contributed by atoms with Crippen LogP contribution in [0, 0.1) is 0 Å². The number of carbonyl (C=O) groups is 1. The van der Waals surface area contributed by atoms with E-state index in [0.29, 0.717) is 12.2 Å². The van der Waals surface area contributed by atoms with Crippen molar-refractivity contribution in [2.75, 3.05) is 44.1 Å². The quantitative estimate of drug-likeness (QED) is 0.458. The van der Waals surface area contributed by atoms with Crippen LogP contribution in [0.25, 0.3) is 11.4 Å². The SMILES string of the molecule is CCn1c(SCC(=O)Cc2ccc(N3CCOCC3)cc2)nnc1-c1ccc(OC)cc1. The summed E-state index contributed by atoms with van der Waals surface area (Å²) in [5, 5.41) is 9.44. The molecule has 7 nitrogen and oxygen atoms in total. The number of benzene rings is 2. The van der Waals surface area contributed by atoms with Gasteiger partial charge in [-0.15, -0.1) is 10.2 Å². The maximum atomic E-state index is 12.6. The van der Waals surface area contributed by atoms with Crippen LogP contribution in [0.15, 0.2) is 53.7 Å². The van der Waals surface area contributed by atoms with Gasteiger partial charge >= 0.3 is 0 Å². The van der Waals surface area contributed by atoms with Gasteiger partial charge in [-0.05, 0) is 48.9 Å². The molecule has 0 atom stereocenters. The number of thioether (sulfide) groups is 1. The van der Waals surface area contributed by atoms with Crippen molar-refractivity contribution in [3.05, 3.63) is 54.1 Å². The lowest BCUT2D eigenvalue weighted by Crippen LogP contribution is -2.36. The zero-order valence-electron chi connectivity index (χ0n) is 18.5. The van der Waals surface area contributed by atoms with Crippen LogP contribution < -0.4 is 9.64 Å². The van der Waals surface area contributed by atoms with Crippen molar-refractivity contribution in [3.63, 3.8) is 0 Å². The molecule has 4 rings (SSSR count). The fourth-order valence-electron chi connectivity index (χ4n) is 3.70. The van der Waals surface area contributed by atoms with Gasteiger partial charge in [0.05, 0.1) is 26.1 Å². The molecule has 3 aromatic rings. The third-order valence-electron chi connectivity index (χ3n) is 5.46. The average Bonchev–Trinajstić information content (AvgIpc) is 3.27. The smallest absolute Gasteiger partial charge is 0.191 e. The molecular formula is C24H28N4O3S. The molecule has 8 heteroatoms. The van der Waals surface area contributed by atoms with Crippen LogP contribution in [0.1, 0.15) is 12.5 Å². The zero-order valence-corrected chi connectivity index (χ0v) is 19.3. The van der Waals surface area contributed by atoms with E-state index < -0.39 is 0 Å². The predicted molar refractivity (Wildman–Crippen MR) is 127 cm³/mol. The number of aromatic nitrogens is 3. The Balaban J connectivity index is 1.35. The Bertz CT molecular complexity index is 1030. The molecule has 0 bridgehead atoms. The molecule has 32 heavy (non-hydrogen) atoms. The molecule has 0 saturated carbocycles. The molecule has 0 amide bonds. The molecule has 1 aliphatic heterocycles. The van der Waals surface area contributed by atoms with Crippen molar-refractivity contribution in [1.29, 1.82) is 0 Å². The minimum absolute atomic E-state index is 0.172. The van der Waals surface area contributed by atoms with Gasteiger partial charge in [-0.1, -0.05) is 23.9 Å². The first kappa shape index (κ1) is 22.4. The molecule has 168 valence electrons. The lowest BCUT2D eigenvalue weighted by atomic mass is 10.1. The first-order valence-electron chi connectivity index (χ1n) is 10.8. The molecule has 2 heterocycles. The molecular weight excluding hydrogens is 424 g/mol. The number of hydrogen-bond donors (Lipinski definition) is 0. The van der Waals surface area contributed by atoms with Crippen LogP contribution in [-0.4, -0.2) is 59.7 Å². The summed E-state index contributed by atoms with van der Waals surface area (Å²) in [6.07, 6.45) is 0.419. The van der Waals surface area contributed by atoms with Crippen LogP contribution in [0.2, 0.25) is 0 Å². The van der Waals surface area contributed by atoms with Gasteiger partial charge in [-0.3, -0.25) is 4.79 Å². The van der Waals surface area contributed by atoms with Gasteiger partial charge in [-0.2, -0.15) is 0 Å². The largest absolute Gasteiger partial charge is 0.497 e. The van der Waals surface area contributed by atoms with E-state index in [4.69, 9.17) is 9.47 Å². The van der Waals surface area contributed by atoms with Crippen LogP contribution >= 0.6 is 11.8 Å². The average molecular weight is 453 g/mol. The number of carbonyl (C=O) groups excluding carboxylic acids is 1. The number of Topliss-reactive ketones (excluding diaryl/α,β-unsaturated/α-hetero) is 1. The summed E-state index contributed by atoms with van der Waals surface area (Å²) in [7, 11) is 1.65. The fourth-order valence-corrected chi connectivity index (χ4v) is 4.57. The summed E-state index contributed by atoms with van der Waals surface area (Å²) >= 11 is 1.44. The van der Waals surface area contributed by atoms with Crippen molar-refractivity contribution in [2.24, 2.45) is 0 Å². The number of anilines is 1. The van der Waals surface area contributed by atoms with E-state index >= 15 is 0 Å². The van der Waals surface area contributed by atoms with Crippen molar-refractivity contribution >= 4 is 23.2 Å². The molecule has 0 unspecified atom stereocenters. The lowest BCUT2D eigenvalue weighted by molar-refractivity contribution is -0.116. The standard InChI is InChI=1S/C24H28N4O3S/c1-3-28-23(19-6-10-22(30-2)11-7-19)25-26-24(28)32-17-21(29)16-18-4-8-20(9-5-18)27-12-14-31-15-13-27/h4-11H,3,12-17H2,1-2H3. The second-order valence-corrected chi connectivity index (χ2v) is 8.49. The van der Waals surface area contributed by atoms with Gasteiger partial charge in [0.2, 0.25) is 0 Å². The number of morpholine rings is 1. The number of ether oxygens (including phenoxy) is 2. The predicted octanol–water partition coefficient (Wildman–Crippen LogP) is 3.71. The summed E-state index contributed by atoms with van der Waals surface area (Å²) in [5.74, 6) is 2.13. The third kappa shape index (κ3) is 5.31. The monoisotopic (exact) mass is 452 g/mol. The zero-order chi connectivity index (χ0) is 22.3. The summed E-state index contributed by atoms with van der Waals surface area (Å²) in [4.78, 5) is 14.9. The first-order valence-corrected chi connectivity index (χ1v) is 11.8. The number of nitrogens with zero attached hydrogens (tertiary/aromatic N) is 4. The Hall–Kier alpha value is -2.84. The minimum Gasteiger partial charge on any atom is -0.497 e. The molecule has 0 spiro atoms. The fraction of sp³-hybridized carbons (Fsp3) is 0.375. The number of ketones is 1. The topological polar surface area (TPSA) is 69.5 Å². The molecule has 0 N–H and O–H groups in total. The molecule has 0 aliphatic carbocycles. The number of hydrogen-bond acceptors (Lipinski definition) is 7. The summed E-state index contributed by atoms with van der Waals surface area (Å²) in [6.45, 7) is 6.13. The van der Waals surface area contributed by atoms with E-state index in [2.05, 4.69) is 34.2 Å². The Morgan fingerprint density at radius 2 is 1.78 bits per heavy atom. The summed E-state index contributed by atoms with van der Waals surface area (Å²) in [6, 6.07) is 16.0. The van der Waals surface area contributed by atoms with Crippen LogP contribution in [0.5, 0.6) is 5.75 Å². The Morgan fingerprint density at radius 3 is 2.44 bits per heavy atom. The maximum absolute atomic E-state index is 12.6. The van der Waals surface area contributed by atoms with Crippen LogP contribution in [0.3, 0.4) is 0 Å². The summed E-state index contributed by atoms with van der Waals surface area (Å²) in [5.41, 5.74) is 3.18. The molecule has 1 saturated heterocycles. The highest BCUT2D eigenvalue weighted by molar-refractivity contribution is 7.99. The highest BCUT2D eigenvalue weighted by Crippen LogP contribution is 2.26. The van der Waals surface area contributed by atoms with E-state index in [9.17, 15) is 4.79 Å². The van der Waals surface area contributed by atoms with Gasteiger partial charge in [0.1, 0.15) is 11.5 Å². The molecule has 1 aliphatic rings. The van der Waals surface area contributed by atoms with Crippen molar-refractivity contribution < 1.29 is 14.3 Å². The Kier molecular flexibility index (Phi) is 7.44. The van der Waals surface area contributed by atoms with E-state index in [0.717, 1.165) is 60.7 Å². The van der Waals surface area contributed by atoms with Gasteiger partial charge in [-0.25, -0.2) is 0 Å². The van der Waals surface area contributed by atoms with E-state index in [1.807, 2.05) is 41.0 Å². The van der Waals surface area contributed by atoms with Crippen LogP contribution in [0.4, 0.5) is 5.69 Å². The van der Waals surface area contributed by atoms with Crippen LogP contribution in [-0.2, 0) is 22.5 Å². The van der Waals surface area contributed by atoms with Gasteiger partial charge in [0, 0.05) is 37.3 Å². The second kappa shape index (κ2) is 10.7. The Labute approximate surface area is 192 Å². The van der Waals surface area contributed by atoms with E-state index in [1.165, 1.54) is 17.4 Å². The Morgan fingerprint density at radius 1 is 1.06 bits per heavy atom. The second-order valence-electron chi connectivity index (χ2n) is 7.55. The van der Waals surface area contributed by atoms with Gasteiger partial charge in [0.25, 0.3) is 0 Å². The molecule has 2 aromatic carbocycles. The van der Waals surface area contributed by atoms with Crippen molar-refractivity contribution in [1.82, 2.24) is 14.8 Å². The van der Waals surface area contributed by atoms with E-state index in [1.54, 1.807) is 7.11 Å². The minimum atomic E-state index is 0.172. The van der Waals surface area contributed by atoms with Gasteiger partial charge in [0.15, 0.2) is 11.0 Å². The maximum Gasteiger partial charge on any atom is 0.191 e. The van der Waals surface area contributed by atoms with Gasteiger partial charge < -0.3 is 18.9 Å². The highest BCUT2D eigenvalue weighted by atomic mass is 32.2. The molecule has 1 aromatic heterocycles. The first-order chi connectivity index (χ1) is 15.7. The molecule has 0 radical (unpaired) electrons. The number of rotatable bonds is 9.